The first-order valence-electron chi connectivity index (χ1n) is 0.783. The molecule has 0 bridgehead atoms. The van der Waals surface area contributed by atoms with Crippen molar-refractivity contribution < 1.29 is 53.1 Å². The standard InChI is InChI=1S/Ca.ClH.Na.H3O4P.3H/c;;;1-5(2,3)4;;;/h;1H;;(H3,1,2,3,4);;;/q+2;;+1;;3*-1. The maximum absolute atomic E-state index is 8.88. The summed E-state index contributed by atoms with van der Waals surface area (Å²) < 4.78 is 8.88. The minimum absolute atomic E-state index is 0. The fraction of sp³-hybridized carbons (Fsp3) is 0. The first kappa shape index (κ1) is 22.4. The van der Waals surface area contributed by atoms with E-state index in [-0.39, 0.29) is 84.0 Å². The maximum atomic E-state index is 8.88. The summed E-state index contributed by atoms with van der Waals surface area (Å²) >= 11 is 0. The van der Waals surface area contributed by atoms with Gasteiger partial charge in [0.05, 0.1) is 0 Å². The first-order chi connectivity index (χ1) is 2.00. The molecule has 0 aliphatic rings. The molecule has 0 radical (unpaired) electrons. The molecule has 0 aromatic heterocycles. The van der Waals surface area contributed by atoms with Gasteiger partial charge in [-0.15, -0.1) is 12.4 Å². The Balaban J connectivity index is -0.00000000533. The van der Waals surface area contributed by atoms with Crippen molar-refractivity contribution in [1.29, 1.82) is 0 Å². The Bertz CT molecular complexity index is 71.5. The average Bonchev–Trinajstić information content (AvgIpc) is 0.722. The molecular weight excluding hydrogens is 193 g/mol. The van der Waals surface area contributed by atoms with Crippen LogP contribution in [0, 0.1) is 0 Å². The van der Waals surface area contributed by atoms with Crippen LogP contribution in [0.4, 0.5) is 0 Å². The summed E-state index contributed by atoms with van der Waals surface area (Å²) in [5.74, 6) is 0. The van der Waals surface area contributed by atoms with Gasteiger partial charge in [-0.25, -0.2) is 4.57 Å². The van der Waals surface area contributed by atoms with Crippen LogP contribution in [0.25, 0.3) is 0 Å². The first-order valence-corrected chi connectivity index (χ1v) is 2.35. The Morgan fingerprint density at radius 1 is 1.25 bits per heavy atom. The molecule has 8 heteroatoms. The molecule has 8 heavy (non-hydrogen) atoms. The van der Waals surface area contributed by atoms with Crippen LogP contribution in [-0.2, 0) is 4.57 Å². The van der Waals surface area contributed by atoms with Crippen molar-refractivity contribution in [2.75, 3.05) is 0 Å². The fourth-order valence-corrected chi connectivity index (χ4v) is 0. The zero-order valence-corrected chi connectivity index (χ0v) is 10.2. The molecule has 0 aromatic carbocycles. The van der Waals surface area contributed by atoms with Gasteiger partial charge in [-0.2, -0.15) is 0 Å². The number of rotatable bonds is 0. The van der Waals surface area contributed by atoms with E-state index in [4.69, 9.17) is 19.2 Å². The predicted molar refractivity (Wildman–Crippen MR) is 30.6 cm³/mol. The smallest absolute Gasteiger partial charge is 1.00 e. The summed E-state index contributed by atoms with van der Waals surface area (Å²) in [5.41, 5.74) is 0. The Hall–Kier alpha value is 2.66. The molecule has 0 aliphatic heterocycles. The third kappa shape index (κ3) is 71.8. The van der Waals surface area contributed by atoms with Gasteiger partial charge in [0.2, 0.25) is 0 Å². The zero-order valence-electron chi connectivity index (χ0n) is 7.31. The van der Waals surface area contributed by atoms with Gasteiger partial charge >= 0.3 is 75.1 Å². The van der Waals surface area contributed by atoms with E-state index in [2.05, 4.69) is 0 Å². The van der Waals surface area contributed by atoms with E-state index in [0.717, 1.165) is 0 Å². The van der Waals surface area contributed by atoms with Gasteiger partial charge in [0.25, 0.3) is 0 Å². The molecule has 0 saturated carbocycles. The SMILES string of the molecule is Cl.O=P(O)(O)O.[Ca+2].[H-].[H-].[H-].[Na+]. The summed E-state index contributed by atoms with van der Waals surface area (Å²) in [6, 6.07) is 0. The summed E-state index contributed by atoms with van der Waals surface area (Å²) in [7, 11) is -4.64. The van der Waals surface area contributed by atoms with E-state index >= 15 is 0 Å². The topological polar surface area (TPSA) is 77.8 Å². The molecule has 3 N–H and O–H groups in total. The van der Waals surface area contributed by atoms with Crippen LogP contribution >= 0.6 is 20.2 Å². The summed E-state index contributed by atoms with van der Waals surface area (Å²) in [6.07, 6.45) is 0. The van der Waals surface area contributed by atoms with E-state index in [1.807, 2.05) is 0 Å². The molecule has 0 atom stereocenters. The third-order valence-corrected chi connectivity index (χ3v) is 0. The van der Waals surface area contributed by atoms with E-state index in [0.29, 0.717) is 0 Å². The van der Waals surface area contributed by atoms with Crippen molar-refractivity contribution in [3.63, 3.8) is 0 Å². The Morgan fingerprint density at radius 2 is 1.25 bits per heavy atom. The van der Waals surface area contributed by atoms with E-state index in [9.17, 15) is 0 Å². The second-order valence-corrected chi connectivity index (χ2v) is 1.54. The molecule has 0 fully saturated rings. The van der Waals surface area contributed by atoms with Crippen LogP contribution in [0.1, 0.15) is 4.28 Å². The third-order valence-electron chi connectivity index (χ3n) is 0. The monoisotopic (exact) mass is 200 g/mol. The average molecular weight is 201 g/mol. The minimum atomic E-state index is -4.64. The van der Waals surface area contributed by atoms with Gasteiger partial charge in [-0.1, -0.05) is 0 Å². The fourth-order valence-electron chi connectivity index (χ4n) is 0. The maximum Gasteiger partial charge on any atom is 2.00 e. The van der Waals surface area contributed by atoms with Crippen molar-refractivity contribution in [2.24, 2.45) is 0 Å². The summed E-state index contributed by atoms with van der Waals surface area (Å²) in [4.78, 5) is 21.6. The van der Waals surface area contributed by atoms with Crippen molar-refractivity contribution in [1.82, 2.24) is 0 Å². The molecule has 46 valence electrons. The summed E-state index contributed by atoms with van der Waals surface area (Å²) in [5, 5.41) is 0. The van der Waals surface area contributed by atoms with Crippen molar-refractivity contribution in [2.45, 2.75) is 0 Å². The number of hydrogen-bond acceptors (Lipinski definition) is 1. The Morgan fingerprint density at radius 3 is 1.25 bits per heavy atom. The number of halogens is 1. The van der Waals surface area contributed by atoms with Gasteiger partial charge in [-0.3, -0.25) is 0 Å². The van der Waals surface area contributed by atoms with Crippen LogP contribution in [0.15, 0.2) is 0 Å². The zero-order chi connectivity index (χ0) is 4.50. The second kappa shape index (κ2) is 9.66. The molecule has 0 heterocycles. The Kier molecular flexibility index (Phi) is 27.1. The molecular formula is H7CaClNaO4P. The van der Waals surface area contributed by atoms with Gasteiger partial charge < -0.3 is 19.0 Å². The minimum Gasteiger partial charge on any atom is -1.00 e. The normalized spacial score (nSPS) is 7.38. The van der Waals surface area contributed by atoms with Crippen molar-refractivity contribution in [3.8, 4) is 0 Å². The molecule has 0 saturated heterocycles. The number of phosphoric acid groups is 1. The molecule has 0 aromatic rings. The second-order valence-electron chi connectivity index (χ2n) is 0.513. The van der Waals surface area contributed by atoms with Gasteiger partial charge in [0.15, 0.2) is 0 Å². The molecule has 0 rings (SSSR count). The molecule has 0 spiro atoms. The molecule has 0 amide bonds. The van der Waals surface area contributed by atoms with Crippen LogP contribution < -0.4 is 29.6 Å². The van der Waals surface area contributed by atoms with E-state index in [1.54, 1.807) is 0 Å². The van der Waals surface area contributed by atoms with E-state index in [1.165, 1.54) is 0 Å². The van der Waals surface area contributed by atoms with Crippen LogP contribution in [0.2, 0.25) is 0 Å². The van der Waals surface area contributed by atoms with E-state index < -0.39 is 7.82 Å². The largest absolute Gasteiger partial charge is 2.00 e. The quantitative estimate of drug-likeness (QED) is 0.280. The molecule has 0 unspecified atom stereocenters. The predicted octanol–water partition coefficient (Wildman–Crippen LogP) is -3.55. The number of hydrogen-bond donors (Lipinski definition) is 3. The molecule has 4 nitrogen and oxygen atoms in total. The Labute approximate surface area is 109 Å². The van der Waals surface area contributed by atoms with Crippen LogP contribution in [0.5, 0.6) is 0 Å². The van der Waals surface area contributed by atoms with Gasteiger partial charge in [0, 0.05) is 0 Å². The summed E-state index contributed by atoms with van der Waals surface area (Å²) in [6.45, 7) is 0. The van der Waals surface area contributed by atoms with Gasteiger partial charge in [0.1, 0.15) is 0 Å². The van der Waals surface area contributed by atoms with Crippen molar-refractivity contribution >= 4 is 58.0 Å². The molecule has 0 aliphatic carbocycles. The van der Waals surface area contributed by atoms with Crippen molar-refractivity contribution in [3.05, 3.63) is 0 Å². The van der Waals surface area contributed by atoms with Crippen LogP contribution in [0.3, 0.4) is 0 Å². The van der Waals surface area contributed by atoms with Crippen LogP contribution in [-0.4, -0.2) is 52.4 Å². The van der Waals surface area contributed by atoms with Gasteiger partial charge in [-0.05, 0) is 0 Å².